The molecule has 2 saturated heterocycles. The minimum Gasteiger partial charge on any atom is -0.441 e. The highest BCUT2D eigenvalue weighted by Crippen LogP contribution is 2.39. The predicted octanol–water partition coefficient (Wildman–Crippen LogP) is 6.71. The average Bonchev–Trinajstić information content (AvgIpc) is 3.50. The molecule has 6 rings (SSSR count). The topological polar surface area (TPSA) is 71.8 Å². The van der Waals surface area contributed by atoms with E-state index in [1.165, 1.54) is 0 Å². The highest BCUT2D eigenvalue weighted by atomic mass is 19.2. The number of fused-ring (bicyclic) bond motifs is 1. The van der Waals surface area contributed by atoms with E-state index >= 15 is 0 Å². The summed E-state index contributed by atoms with van der Waals surface area (Å²) in [4.78, 5) is 32.9. The van der Waals surface area contributed by atoms with Crippen LogP contribution in [-0.2, 0) is 20.9 Å². The van der Waals surface area contributed by atoms with Gasteiger partial charge in [-0.1, -0.05) is 30.3 Å². The van der Waals surface area contributed by atoms with Crippen molar-refractivity contribution in [3.8, 4) is 11.1 Å². The van der Waals surface area contributed by atoms with Crippen LogP contribution in [0.3, 0.4) is 0 Å². The van der Waals surface area contributed by atoms with Crippen molar-refractivity contribution in [2.24, 2.45) is 0 Å². The monoisotopic (exact) mass is 577 g/mol. The lowest BCUT2D eigenvalue weighted by molar-refractivity contribution is -0.191. The lowest BCUT2D eigenvalue weighted by Crippen LogP contribution is -2.46. The highest BCUT2D eigenvalue weighted by molar-refractivity contribution is 5.98. The van der Waals surface area contributed by atoms with Crippen LogP contribution in [0.1, 0.15) is 38.3 Å². The molecule has 4 aromatic rings. The molecule has 1 aromatic heterocycles. The van der Waals surface area contributed by atoms with Gasteiger partial charge in [-0.2, -0.15) is 9.59 Å². The van der Waals surface area contributed by atoms with E-state index in [-0.39, 0.29) is 23.9 Å². The lowest BCUT2D eigenvalue weighted by atomic mass is 9.90. The zero-order chi connectivity index (χ0) is 30.0. The van der Waals surface area contributed by atoms with Gasteiger partial charge in [-0.05, 0) is 49.2 Å². The average molecular weight is 578 g/mol. The van der Waals surface area contributed by atoms with E-state index in [0.29, 0.717) is 37.6 Å². The van der Waals surface area contributed by atoms with Gasteiger partial charge in [0.15, 0.2) is 11.6 Å². The fraction of sp³-hybridized carbons (Fsp3) is 0.312. The van der Waals surface area contributed by atoms with Crippen molar-refractivity contribution in [2.75, 3.05) is 24.5 Å². The van der Waals surface area contributed by atoms with Gasteiger partial charge in [0.1, 0.15) is 11.4 Å². The molecule has 218 valence electrons. The summed E-state index contributed by atoms with van der Waals surface area (Å²) in [7, 11) is 0. The van der Waals surface area contributed by atoms with Crippen LogP contribution >= 0.6 is 0 Å². The van der Waals surface area contributed by atoms with Crippen molar-refractivity contribution in [2.45, 2.75) is 44.9 Å². The number of aromatic nitrogens is 1. The summed E-state index contributed by atoms with van der Waals surface area (Å²) in [5, 5.41) is 0.832. The normalized spacial score (nSPS) is 16.4. The van der Waals surface area contributed by atoms with E-state index < -0.39 is 23.1 Å². The first kappa shape index (κ1) is 29.1. The maximum atomic E-state index is 14.9. The van der Waals surface area contributed by atoms with Crippen molar-refractivity contribution in [3.63, 3.8) is 0 Å². The van der Waals surface area contributed by atoms with Crippen LogP contribution < -0.4 is 4.90 Å². The number of carbonyl (C=O) groups is 1. The molecule has 10 heteroatoms. The minimum absolute atomic E-state index is 0.0405. The van der Waals surface area contributed by atoms with Crippen molar-refractivity contribution < 1.29 is 32.3 Å². The molecule has 2 fully saturated rings. The molecule has 3 heterocycles. The van der Waals surface area contributed by atoms with E-state index in [1.807, 2.05) is 42.5 Å². The molecule has 0 bridgehead atoms. The number of carbonyl (C=O) groups excluding carboxylic acids is 3. The van der Waals surface area contributed by atoms with Gasteiger partial charge >= 0.3 is 12.2 Å². The number of hydrogen-bond donors (Lipinski definition) is 0. The molecule has 3 aromatic carbocycles. The van der Waals surface area contributed by atoms with Crippen LogP contribution in [0.25, 0.3) is 22.0 Å². The van der Waals surface area contributed by atoms with Gasteiger partial charge in [-0.25, -0.2) is 18.0 Å². The summed E-state index contributed by atoms with van der Waals surface area (Å²) in [5.74, 6) is -3.08. The SMILES string of the molecule is CC(C)n1cc(CN2CCC3(CC2)CN(c2ccccc2)C(=O)O3)c2c(-c3cc(F)c(F)cc3F)cccc21.O=C=O. The van der Waals surface area contributed by atoms with E-state index in [0.717, 1.165) is 41.3 Å². The van der Waals surface area contributed by atoms with Crippen LogP contribution in [0.15, 0.2) is 66.9 Å². The second-order valence-electron chi connectivity index (χ2n) is 10.9. The summed E-state index contributed by atoms with van der Waals surface area (Å²) in [6.07, 6.45) is 3.42. The molecular formula is C32H30F3N3O4. The summed E-state index contributed by atoms with van der Waals surface area (Å²) >= 11 is 0. The first-order valence-electron chi connectivity index (χ1n) is 13.7. The number of para-hydroxylation sites is 1. The Hall–Kier alpha value is -4.40. The summed E-state index contributed by atoms with van der Waals surface area (Å²) < 4.78 is 50.8. The van der Waals surface area contributed by atoms with Gasteiger partial charge in [0.25, 0.3) is 0 Å². The molecule has 0 radical (unpaired) electrons. The lowest BCUT2D eigenvalue weighted by Gasteiger charge is -2.37. The molecule has 7 nitrogen and oxygen atoms in total. The van der Waals surface area contributed by atoms with E-state index in [1.54, 1.807) is 11.0 Å². The van der Waals surface area contributed by atoms with Gasteiger partial charge < -0.3 is 9.30 Å². The number of ether oxygens (including phenoxy) is 1. The Bertz CT molecular complexity index is 1640. The third-order valence-electron chi connectivity index (χ3n) is 7.99. The standard InChI is InChI=1S/C31H30F3N3O2.CO2/c1-20(2)36-18-21(29-23(9-6-10-28(29)36)24-15-26(33)27(34)16-25(24)32)17-35-13-11-31(12-14-35)19-37(30(38)39-31)22-7-4-3-5-8-22;2-1-3/h3-10,15-16,18,20H,11-14,17,19H2,1-2H3;. The Kier molecular flexibility index (Phi) is 8.20. The second-order valence-corrected chi connectivity index (χ2v) is 10.9. The number of piperidine rings is 1. The number of rotatable bonds is 5. The molecule has 42 heavy (non-hydrogen) atoms. The highest BCUT2D eigenvalue weighted by Gasteiger charge is 2.47. The molecule has 0 N–H and O–H groups in total. The number of hydrogen-bond acceptors (Lipinski definition) is 5. The molecule has 2 aliphatic rings. The Morgan fingerprint density at radius 1 is 0.905 bits per heavy atom. The summed E-state index contributed by atoms with van der Waals surface area (Å²) in [6, 6.07) is 16.8. The van der Waals surface area contributed by atoms with Crippen molar-refractivity contribution >= 4 is 28.8 Å². The molecule has 0 unspecified atom stereocenters. The number of benzene rings is 3. The first-order valence-corrected chi connectivity index (χ1v) is 13.7. The fourth-order valence-electron chi connectivity index (χ4n) is 5.94. The Labute approximate surface area is 241 Å². The number of amides is 1. The predicted molar refractivity (Wildman–Crippen MR) is 150 cm³/mol. The Morgan fingerprint density at radius 3 is 2.24 bits per heavy atom. The molecule has 0 atom stereocenters. The van der Waals surface area contributed by atoms with Crippen LogP contribution in [0.2, 0.25) is 0 Å². The van der Waals surface area contributed by atoms with Gasteiger partial charge in [0.2, 0.25) is 0 Å². The summed E-state index contributed by atoms with van der Waals surface area (Å²) in [5.41, 5.74) is 2.80. The van der Waals surface area contributed by atoms with Crippen LogP contribution in [0, 0.1) is 17.5 Å². The molecule has 0 aliphatic carbocycles. The zero-order valence-electron chi connectivity index (χ0n) is 23.3. The van der Waals surface area contributed by atoms with Crippen molar-refractivity contribution in [3.05, 3.63) is 89.9 Å². The number of anilines is 1. The van der Waals surface area contributed by atoms with Crippen molar-refractivity contribution in [1.29, 1.82) is 0 Å². The number of likely N-dealkylation sites (tertiary alicyclic amines) is 1. The maximum Gasteiger partial charge on any atom is 0.415 e. The quantitative estimate of drug-likeness (QED) is 0.247. The molecule has 0 saturated carbocycles. The Morgan fingerprint density at radius 2 is 1.57 bits per heavy atom. The zero-order valence-corrected chi connectivity index (χ0v) is 23.3. The van der Waals surface area contributed by atoms with E-state index in [9.17, 15) is 18.0 Å². The van der Waals surface area contributed by atoms with E-state index in [4.69, 9.17) is 14.3 Å². The number of nitrogens with zero attached hydrogens (tertiary/aromatic N) is 3. The third kappa shape index (κ3) is 5.55. The van der Waals surface area contributed by atoms with Gasteiger partial charge in [0, 0.05) is 72.9 Å². The van der Waals surface area contributed by atoms with Gasteiger partial charge in [-0.3, -0.25) is 9.80 Å². The van der Waals surface area contributed by atoms with Crippen molar-refractivity contribution in [1.82, 2.24) is 9.47 Å². The third-order valence-corrected chi connectivity index (χ3v) is 7.99. The second kappa shape index (κ2) is 11.8. The largest absolute Gasteiger partial charge is 0.441 e. The van der Waals surface area contributed by atoms with Gasteiger partial charge in [0.05, 0.1) is 6.54 Å². The van der Waals surface area contributed by atoms with Gasteiger partial charge in [-0.15, -0.1) is 0 Å². The first-order chi connectivity index (χ1) is 20.2. The molecular weight excluding hydrogens is 547 g/mol. The summed E-state index contributed by atoms with van der Waals surface area (Å²) in [6.45, 7) is 6.73. The molecule has 2 aliphatic heterocycles. The molecule has 1 amide bonds. The van der Waals surface area contributed by atoms with Crippen LogP contribution in [-0.4, -0.2) is 46.9 Å². The fourth-order valence-corrected chi connectivity index (χ4v) is 5.94. The molecule has 1 spiro atoms. The number of halogens is 3. The van der Waals surface area contributed by atoms with Crippen LogP contribution in [0.5, 0.6) is 0 Å². The Balaban J connectivity index is 0.00000113. The smallest absolute Gasteiger partial charge is 0.415 e. The van der Waals surface area contributed by atoms with Crippen LogP contribution in [0.4, 0.5) is 23.7 Å². The maximum absolute atomic E-state index is 14.9. The van der Waals surface area contributed by atoms with E-state index in [2.05, 4.69) is 29.5 Å². The minimum atomic E-state index is -1.20.